The Morgan fingerprint density at radius 2 is 2.05 bits per heavy atom. The Labute approximate surface area is 148 Å². The predicted octanol–water partition coefficient (Wildman–Crippen LogP) is 4.52. The van der Waals surface area contributed by atoms with E-state index in [2.05, 4.69) is 21.6 Å². The van der Waals surface area contributed by atoms with Crippen molar-refractivity contribution in [2.24, 2.45) is 0 Å². The van der Waals surface area contributed by atoms with Crippen LogP contribution in [0.1, 0.15) is 6.42 Å². The van der Waals surface area contributed by atoms with Crippen molar-refractivity contribution in [2.45, 2.75) is 15.7 Å². The molecule has 0 aliphatic rings. The van der Waals surface area contributed by atoms with E-state index in [0.29, 0.717) is 6.61 Å². The van der Waals surface area contributed by atoms with Crippen molar-refractivity contribution >= 4 is 51.6 Å². The molecule has 0 saturated carbocycles. The average Bonchev–Trinajstić information content (AvgIpc) is 2.97. The number of nitrogens with one attached hydrogen (secondary N) is 1. The molecule has 0 saturated heterocycles. The second kappa shape index (κ2) is 10.3. The largest absolute Gasteiger partial charge is 0.383 e. The number of anilines is 1. The summed E-state index contributed by atoms with van der Waals surface area (Å²) in [4.78, 5) is 1.15. The van der Waals surface area contributed by atoms with E-state index in [-0.39, 0.29) is 0 Å². The molecule has 0 unspecified atom stereocenters. The van der Waals surface area contributed by atoms with E-state index in [0.717, 1.165) is 43.9 Å². The number of aromatic nitrogens is 2. The Hall–Kier alpha value is -0.470. The maximum absolute atomic E-state index is 6.13. The molecule has 22 heavy (non-hydrogen) atoms. The number of ether oxygens (including phenoxy) is 1. The van der Waals surface area contributed by atoms with Crippen LogP contribution in [0, 0.1) is 0 Å². The molecule has 2 rings (SSSR count). The zero-order valence-electron chi connectivity index (χ0n) is 12.3. The van der Waals surface area contributed by atoms with Gasteiger partial charge in [-0.05, 0) is 24.3 Å². The second-order valence-electron chi connectivity index (χ2n) is 4.27. The van der Waals surface area contributed by atoms with Crippen LogP contribution in [-0.2, 0) is 4.74 Å². The van der Waals surface area contributed by atoms with Crippen LogP contribution in [0.15, 0.2) is 33.5 Å². The highest BCUT2D eigenvalue weighted by molar-refractivity contribution is 8.01. The van der Waals surface area contributed by atoms with Crippen LogP contribution in [0.3, 0.4) is 0 Å². The van der Waals surface area contributed by atoms with Crippen LogP contribution >= 0.6 is 46.5 Å². The molecule has 8 heteroatoms. The summed E-state index contributed by atoms with van der Waals surface area (Å²) in [5.74, 6) is 2.08. The SMILES string of the molecule is COCCNc1nnc(SCCCSc2ccccc2Cl)s1. The van der Waals surface area contributed by atoms with Crippen molar-refractivity contribution in [1.29, 1.82) is 0 Å². The van der Waals surface area contributed by atoms with Crippen molar-refractivity contribution in [3.8, 4) is 0 Å². The lowest BCUT2D eigenvalue weighted by Gasteiger charge is -2.02. The number of hydrogen-bond acceptors (Lipinski definition) is 7. The number of hydrogen-bond donors (Lipinski definition) is 1. The summed E-state index contributed by atoms with van der Waals surface area (Å²) in [7, 11) is 1.68. The highest BCUT2D eigenvalue weighted by atomic mass is 35.5. The molecule has 0 aliphatic carbocycles. The van der Waals surface area contributed by atoms with E-state index < -0.39 is 0 Å². The number of nitrogens with zero attached hydrogens (tertiary/aromatic N) is 2. The first kappa shape index (κ1) is 17.9. The zero-order chi connectivity index (χ0) is 15.6. The molecular weight excluding hydrogens is 358 g/mol. The average molecular weight is 376 g/mol. The molecule has 1 aromatic heterocycles. The van der Waals surface area contributed by atoms with Gasteiger partial charge >= 0.3 is 0 Å². The smallest absolute Gasteiger partial charge is 0.206 e. The summed E-state index contributed by atoms with van der Waals surface area (Å²) in [6.45, 7) is 1.42. The minimum Gasteiger partial charge on any atom is -0.383 e. The number of methoxy groups -OCH3 is 1. The number of halogens is 1. The lowest BCUT2D eigenvalue weighted by Crippen LogP contribution is -2.06. The van der Waals surface area contributed by atoms with E-state index in [9.17, 15) is 0 Å². The Bertz CT molecular complexity index is 568. The quantitative estimate of drug-likeness (QED) is 0.486. The second-order valence-corrected chi connectivity index (χ2v) is 8.14. The van der Waals surface area contributed by atoms with Crippen molar-refractivity contribution in [3.05, 3.63) is 29.3 Å². The summed E-state index contributed by atoms with van der Waals surface area (Å²) in [6, 6.07) is 7.96. The molecule has 1 N–H and O–H groups in total. The van der Waals surface area contributed by atoms with Crippen LogP contribution in [0.5, 0.6) is 0 Å². The van der Waals surface area contributed by atoms with E-state index in [1.807, 2.05) is 18.2 Å². The maximum atomic E-state index is 6.13. The van der Waals surface area contributed by atoms with Crippen molar-refractivity contribution < 1.29 is 4.74 Å². The fourth-order valence-corrected chi connectivity index (χ4v) is 4.72. The molecule has 0 radical (unpaired) electrons. The van der Waals surface area contributed by atoms with E-state index in [4.69, 9.17) is 16.3 Å². The molecule has 2 aromatic rings. The normalized spacial score (nSPS) is 10.8. The first-order chi connectivity index (χ1) is 10.8. The maximum Gasteiger partial charge on any atom is 0.206 e. The first-order valence-corrected chi connectivity index (χ1v) is 10.0. The van der Waals surface area contributed by atoms with Gasteiger partial charge in [-0.2, -0.15) is 0 Å². The standard InChI is InChI=1S/C14H18ClN3OS3/c1-19-8-7-16-13-17-18-14(22-13)21-10-4-9-20-12-6-3-2-5-11(12)15/h2-3,5-6H,4,7-10H2,1H3,(H,16,17). The van der Waals surface area contributed by atoms with Crippen LogP contribution in [0.4, 0.5) is 5.13 Å². The Kier molecular flexibility index (Phi) is 8.40. The van der Waals surface area contributed by atoms with Crippen molar-refractivity contribution in [2.75, 3.05) is 37.1 Å². The molecule has 0 spiro atoms. The zero-order valence-corrected chi connectivity index (χ0v) is 15.5. The molecule has 0 aliphatic heterocycles. The number of thioether (sulfide) groups is 2. The van der Waals surface area contributed by atoms with Crippen molar-refractivity contribution in [3.63, 3.8) is 0 Å². The van der Waals surface area contributed by atoms with Gasteiger partial charge in [0.2, 0.25) is 5.13 Å². The highest BCUT2D eigenvalue weighted by Gasteiger charge is 2.04. The molecular formula is C14H18ClN3OS3. The molecule has 1 heterocycles. The van der Waals surface area contributed by atoms with E-state index in [1.54, 1.807) is 42.0 Å². The summed E-state index contributed by atoms with van der Waals surface area (Å²) in [5, 5.41) is 13.1. The minimum absolute atomic E-state index is 0.668. The third-order valence-electron chi connectivity index (χ3n) is 2.60. The summed E-state index contributed by atoms with van der Waals surface area (Å²) < 4.78 is 5.99. The Morgan fingerprint density at radius 3 is 2.86 bits per heavy atom. The van der Waals surface area contributed by atoms with Gasteiger partial charge in [0.1, 0.15) is 0 Å². The fraction of sp³-hybridized carbons (Fsp3) is 0.429. The summed E-state index contributed by atoms with van der Waals surface area (Å²) >= 11 is 11.3. The molecule has 120 valence electrons. The molecule has 0 atom stereocenters. The van der Waals surface area contributed by atoms with Crippen LogP contribution in [-0.4, -0.2) is 42.0 Å². The third kappa shape index (κ3) is 6.34. The van der Waals surface area contributed by atoms with Crippen LogP contribution < -0.4 is 5.32 Å². The number of benzene rings is 1. The predicted molar refractivity (Wildman–Crippen MR) is 97.8 cm³/mol. The third-order valence-corrected chi connectivity index (χ3v) is 6.30. The molecule has 0 amide bonds. The highest BCUT2D eigenvalue weighted by Crippen LogP contribution is 2.29. The van der Waals surface area contributed by atoms with Gasteiger partial charge in [0.25, 0.3) is 0 Å². The van der Waals surface area contributed by atoms with Gasteiger partial charge in [-0.15, -0.1) is 22.0 Å². The summed E-state index contributed by atoms with van der Waals surface area (Å²) in [6.07, 6.45) is 1.10. The molecule has 1 aromatic carbocycles. The van der Waals surface area contributed by atoms with Crippen molar-refractivity contribution in [1.82, 2.24) is 10.2 Å². The fourth-order valence-electron chi connectivity index (χ4n) is 1.56. The lowest BCUT2D eigenvalue weighted by atomic mass is 10.4. The Balaban J connectivity index is 1.61. The van der Waals surface area contributed by atoms with Gasteiger partial charge in [0.15, 0.2) is 4.34 Å². The summed E-state index contributed by atoms with van der Waals surface area (Å²) in [5.41, 5.74) is 0. The first-order valence-electron chi connectivity index (χ1n) is 6.86. The van der Waals surface area contributed by atoms with E-state index >= 15 is 0 Å². The van der Waals surface area contributed by atoms with Gasteiger partial charge in [0, 0.05) is 24.3 Å². The van der Waals surface area contributed by atoms with Gasteiger partial charge in [-0.1, -0.05) is 46.8 Å². The number of rotatable bonds is 10. The van der Waals surface area contributed by atoms with Gasteiger partial charge in [0.05, 0.1) is 11.6 Å². The topological polar surface area (TPSA) is 47.0 Å². The minimum atomic E-state index is 0.668. The van der Waals surface area contributed by atoms with Crippen LogP contribution in [0.25, 0.3) is 0 Å². The van der Waals surface area contributed by atoms with Gasteiger partial charge in [-0.3, -0.25) is 0 Å². The monoisotopic (exact) mass is 375 g/mol. The Morgan fingerprint density at radius 1 is 1.23 bits per heavy atom. The molecule has 0 fully saturated rings. The van der Waals surface area contributed by atoms with E-state index in [1.165, 1.54) is 0 Å². The molecule has 0 bridgehead atoms. The van der Waals surface area contributed by atoms with Crippen LogP contribution in [0.2, 0.25) is 5.02 Å². The molecule has 4 nitrogen and oxygen atoms in total. The lowest BCUT2D eigenvalue weighted by molar-refractivity contribution is 0.211. The van der Waals surface area contributed by atoms with Gasteiger partial charge < -0.3 is 10.1 Å². The van der Waals surface area contributed by atoms with Gasteiger partial charge in [-0.25, -0.2) is 0 Å².